The second-order valence-electron chi connectivity index (χ2n) is 4.13. The Bertz CT molecular complexity index is 534. The molecule has 2 heterocycles. The molecule has 1 saturated carbocycles. The monoisotopic (exact) mass is 203 g/mol. The van der Waals surface area contributed by atoms with Crippen LogP contribution in [0.25, 0.3) is 11.0 Å². The van der Waals surface area contributed by atoms with Crippen molar-refractivity contribution in [3.63, 3.8) is 0 Å². The van der Waals surface area contributed by atoms with Crippen molar-refractivity contribution in [2.24, 2.45) is 0 Å². The standard InChI is InChI=1S/C11H13N3O/c15-11-13-9-5-6-12-7-10(9)14(11)8-3-1-2-4-8/h5-8H,1-4H2,(H,13,15). The van der Waals surface area contributed by atoms with E-state index < -0.39 is 0 Å². The maximum Gasteiger partial charge on any atom is 0.326 e. The molecule has 4 nitrogen and oxygen atoms in total. The van der Waals surface area contributed by atoms with Gasteiger partial charge in [0.1, 0.15) is 0 Å². The van der Waals surface area contributed by atoms with E-state index in [0.717, 1.165) is 23.9 Å². The summed E-state index contributed by atoms with van der Waals surface area (Å²) in [4.78, 5) is 18.8. The molecule has 0 saturated heterocycles. The van der Waals surface area contributed by atoms with Gasteiger partial charge in [0.2, 0.25) is 0 Å². The fraction of sp³-hybridized carbons (Fsp3) is 0.455. The lowest BCUT2D eigenvalue weighted by Gasteiger charge is -2.10. The van der Waals surface area contributed by atoms with E-state index >= 15 is 0 Å². The first-order chi connectivity index (χ1) is 7.36. The summed E-state index contributed by atoms with van der Waals surface area (Å²) in [7, 11) is 0. The van der Waals surface area contributed by atoms with E-state index in [0.29, 0.717) is 6.04 Å². The number of pyridine rings is 1. The second-order valence-corrected chi connectivity index (χ2v) is 4.13. The minimum absolute atomic E-state index is 0.00454. The number of nitrogens with zero attached hydrogens (tertiary/aromatic N) is 2. The van der Waals surface area contributed by atoms with Crippen molar-refractivity contribution in [3.8, 4) is 0 Å². The number of hydrogen-bond donors (Lipinski definition) is 1. The molecule has 0 spiro atoms. The fourth-order valence-corrected chi connectivity index (χ4v) is 2.49. The van der Waals surface area contributed by atoms with E-state index in [-0.39, 0.29) is 5.69 Å². The van der Waals surface area contributed by atoms with Crippen LogP contribution >= 0.6 is 0 Å². The van der Waals surface area contributed by atoms with Crippen molar-refractivity contribution < 1.29 is 0 Å². The molecule has 0 radical (unpaired) electrons. The van der Waals surface area contributed by atoms with Crippen molar-refractivity contribution in [1.82, 2.24) is 14.5 Å². The number of rotatable bonds is 1. The molecule has 78 valence electrons. The predicted octanol–water partition coefficient (Wildman–Crippen LogP) is 1.84. The van der Waals surface area contributed by atoms with Crippen molar-refractivity contribution in [2.75, 3.05) is 0 Å². The van der Waals surface area contributed by atoms with Gasteiger partial charge in [-0.05, 0) is 18.9 Å². The third-order valence-electron chi connectivity index (χ3n) is 3.21. The summed E-state index contributed by atoms with van der Waals surface area (Å²) in [6.45, 7) is 0. The molecule has 0 aromatic carbocycles. The topological polar surface area (TPSA) is 50.7 Å². The Morgan fingerprint density at radius 1 is 1.40 bits per heavy atom. The van der Waals surface area contributed by atoms with Gasteiger partial charge in [-0.15, -0.1) is 0 Å². The first-order valence-electron chi connectivity index (χ1n) is 5.40. The van der Waals surface area contributed by atoms with Gasteiger partial charge in [-0.1, -0.05) is 12.8 Å². The first kappa shape index (κ1) is 8.71. The summed E-state index contributed by atoms with van der Waals surface area (Å²) in [6.07, 6.45) is 8.15. The quantitative estimate of drug-likeness (QED) is 0.768. The van der Waals surface area contributed by atoms with Crippen LogP contribution in [0.5, 0.6) is 0 Å². The predicted molar refractivity (Wildman–Crippen MR) is 57.9 cm³/mol. The number of aromatic nitrogens is 3. The molecule has 2 aromatic heterocycles. The molecule has 2 aromatic rings. The molecule has 3 rings (SSSR count). The summed E-state index contributed by atoms with van der Waals surface area (Å²) in [6, 6.07) is 2.22. The maximum absolute atomic E-state index is 11.8. The number of H-pyrrole nitrogens is 1. The van der Waals surface area contributed by atoms with Gasteiger partial charge in [0.25, 0.3) is 0 Å². The number of hydrogen-bond acceptors (Lipinski definition) is 2. The van der Waals surface area contributed by atoms with Crippen LogP contribution in [-0.2, 0) is 0 Å². The summed E-state index contributed by atoms with van der Waals surface area (Å²) in [5, 5.41) is 0. The van der Waals surface area contributed by atoms with Crippen LogP contribution in [0.4, 0.5) is 0 Å². The SMILES string of the molecule is O=c1[nH]c2ccncc2n1C1CCCC1. The van der Waals surface area contributed by atoms with E-state index in [2.05, 4.69) is 9.97 Å². The Morgan fingerprint density at radius 3 is 3.00 bits per heavy atom. The zero-order chi connectivity index (χ0) is 10.3. The summed E-state index contributed by atoms with van der Waals surface area (Å²) >= 11 is 0. The van der Waals surface area contributed by atoms with Crippen LogP contribution < -0.4 is 5.69 Å². The molecule has 1 aliphatic rings. The Hall–Kier alpha value is -1.58. The molecule has 1 fully saturated rings. The number of imidazole rings is 1. The molecule has 1 N–H and O–H groups in total. The summed E-state index contributed by atoms with van der Waals surface area (Å²) in [5.41, 5.74) is 1.83. The third-order valence-corrected chi connectivity index (χ3v) is 3.21. The lowest BCUT2D eigenvalue weighted by atomic mass is 10.2. The van der Waals surface area contributed by atoms with Crippen molar-refractivity contribution in [2.45, 2.75) is 31.7 Å². The molecule has 0 amide bonds. The highest BCUT2D eigenvalue weighted by Crippen LogP contribution is 2.30. The van der Waals surface area contributed by atoms with Crippen LogP contribution in [0, 0.1) is 0 Å². The Morgan fingerprint density at radius 2 is 2.20 bits per heavy atom. The van der Waals surface area contributed by atoms with Crippen molar-refractivity contribution in [1.29, 1.82) is 0 Å². The van der Waals surface area contributed by atoms with Crippen LogP contribution in [0.1, 0.15) is 31.7 Å². The molecule has 0 bridgehead atoms. The maximum atomic E-state index is 11.8. The third kappa shape index (κ3) is 1.28. The second kappa shape index (κ2) is 3.22. The minimum Gasteiger partial charge on any atom is -0.305 e. The van der Waals surface area contributed by atoms with Crippen LogP contribution in [0.3, 0.4) is 0 Å². The van der Waals surface area contributed by atoms with Crippen molar-refractivity contribution in [3.05, 3.63) is 28.9 Å². The van der Waals surface area contributed by atoms with E-state index in [1.54, 1.807) is 12.4 Å². The van der Waals surface area contributed by atoms with Gasteiger partial charge >= 0.3 is 5.69 Å². The molecule has 4 heteroatoms. The smallest absolute Gasteiger partial charge is 0.305 e. The molecule has 0 unspecified atom stereocenters. The van der Waals surface area contributed by atoms with E-state index in [1.165, 1.54) is 12.8 Å². The van der Waals surface area contributed by atoms with Gasteiger partial charge in [0.05, 0.1) is 17.2 Å². The molecule has 15 heavy (non-hydrogen) atoms. The van der Waals surface area contributed by atoms with E-state index in [4.69, 9.17) is 0 Å². The Labute approximate surface area is 87.0 Å². The first-order valence-corrected chi connectivity index (χ1v) is 5.40. The lowest BCUT2D eigenvalue weighted by Crippen LogP contribution is -2.20. The highest BCUT2D eigenvalue weighted by atomic mass is 16.1. The minimum atomic E-state index is 0.00454. The van der Waals surface area contributed by atoms with Gasteiger partial charge in [-0.25, -0.2) is 4.79 Å². The Kier molecular flexibility index (Phi) is 1.87. The summed E-state index contributed by atoms with van der Waals surface area (Å²) < 4.78 is 1.87. The van der Waals surface area contributed by atoms with E-state index in [9.17, 15) is 4.79 Å². The van der Waals surface area contributed by atoms with Gasteiger partial charge in [0.15, 0.2) is 0 Å². The molecule has 0 atom stereocenters. The fourth-order valence-electron chi connectivity index (χ4n) is 2.49. The normalized spacial score (nSPS) is 17.6. The number of fused-ring (bicyclic) bond motifs is 1. The zero-order valence-corrected chi connectivity index (χ0v) is 8.44. The van der Waals surface area contributed by atoms with Crippen LogP contribution in [0.15, 0.2) is 23.3 Å². The van der Waals surface area contributed by atoms with Gasteiger partial charge < -0.3 is 4.98 Å². The zero-order valence-electron chi connectivity index (χ0n) is 8.44. The lowest BCUT2D eigenvalue weighted by molar-refractivity contribution is 0.517. The molecular weight excluding hydrogens is 190 g/mol. The average molecular weight is 203 g/mol. The molecule has 1 aliphatic carbocycles. The summed E-state index contributed by atoms with van der Waals surface area (Å²) in [5.74, 6) is 0. The average Bonchev–Trinajstić information content (AvgIpc) is 2.82. The van der Waals surface area contributed by atoms with Gasteiger partial charge in [-0.3, -0.25) is 9.55 Å². The number of aromatic amines is 1. The molecular formula is C11H13N3O. The van der Waals surface area contributed by atoms with Crippen LogP contribution in [0.2, 0.25) is 0 Å². The van der Waals surface area contributed by atoms with E-state index in [1.807, 2.05) is 10.6 Å². The molecule has 0 aliphatic heterocycles. The highest BCUT2D eigenvalue weighted by Gasteiger charge is 2.20. The highest BCUT2D eigenvalue weighted by molar-refractivity contribution is 5.73. The van der Waals surface area contributed by atoms with Crippen LogP contribution in [-0.4, -0.2) is 14.5 Å². The van der Waals surface area contributed by atoms with Gasteiger partial charge in [0, 0.05) is 12.2 Å². The number of nitrogens with one attached hydrogen (secondary N) is 1. The van der Waals surface area contributed by atoms with Crippen molar-refractivity contribution >= 4 is 11.0 Å². The van der Waals surface area contributed by atoms with Gasteiger partial charge in [-0.2, -0.15) is 0 Å². The largest absolute Gasteiger partial charge is 0.326 e. The Balaban J connectivity index is 2.23.